The van der Waals surface area contributed by atoms with Crippen LogP contribution >= 0.6 is 11.6 Å². The monoisotopic (exact) mass is 350 g/mol. The lowest BCUT2D eigenvalue weighted by atomic mass is 10.2. The summed E-state index contributed by atoms with van der Waals surface area (Å²) in [5.41, 5.74) is 4.63. The number of phenols is 1. The van der Waals surface area contributed by atoms with E-state index in [1.54, 1.807) is 32.6 Å². The highest BCUT2D eigenvalue weighted by atomic mass is 35.5. The molecule has 0 aliphatic heterocycles. The Kier molecular flexibility index (Phi) is 6.14. The van der Waals surface area contributed by atoms with Crippen molar-refractivity contribution in [2.75, 3.05) is 21.3 Å². The second-order valence-electron chi connectivity index (χ2n) is 4.84. The van der Waals surface area contributed by atoms with Gasteiger partial charge in [0.05, 0.1) is 39.1 Å². The molecule has 6 nitrogen and oxygen atoms in total. The number of methoxy groups -OCH3 is 3. The number of ether oxygens (including phenoxy) is 3. The Morgan fingerprint density at radius 2 is 1.75 bits per heavy atom. The second-order valence-corrected chi connectivity index (χ2v) is 5.24. The summed E-state index contributed by atoms with van der Waals surface area (Å²) >= 11 is 5.93. The summed E-state index contributed by atoms with van der Waals surface area (Å²) < 4.78 is 15.5. The molecule has 0 atom stereocenters. The van der Waals surface area contributed by atoms with E-state index < -0.39 is 0 Å². The Labute approximate surface area is 145 Å². The van der Waals surface area contributed by atoms with Crippen LogP contribution in [0.2, 0.25) is 5.02 Å². The van der Waals surface area contributed by atoms with Gasteiger partial charge in [0.2, 0.25) is 0 Å². The Balaban J connectivity index is 2.01. The van der Waals surface area contributed by atoms with Gasteiger partial charge in [0, 0.05) is 0 Å². The average Bonchev–Trinajstić information content (AvgIpc) is 2.61. The molecule has 0 heterocycles. The van der Waals surface area contributed by atoms with Crippen LogP contribution in [0.4, 0.5) is 0 Å². The van der Waals surface area contributed by atoms with Crippen LogP contribution in [0.15, 0.2) is 35.4 Å². The minimum absolute atomic E-state index is 0.0883. The quantitative estimate of drug-likeness (QED) is 0.592. The minimum atomic E-state index is -0.0883. The normalized spacial score (nSPS) is 10.7. The molecule has 0 aromatic heterocycles. The van der Waals surface area contributed by atoms with Crippen molar-refractivity contribution < 1.29 is 19.3 Å². The van der Waals surface area contributed by atoms with E-state index in [-0.39, 0.29) is 10.8 Å². The maximum atomic E-state index is 9.70. The SMILES string of the molecule is COc1ccc(CN/N=C/c2cc(Cl)c(O)c(OC)c2)cc1OC. The first-order valence-corrected chi connectivity index (χ1v) is 7.50. The van der Waals surface area contributed by atoms with Crippen LogP contribution in [-0.4, -0.2) is 32.7 Å². The molecule has 2 N–H and O–H groups in total. The zero-order valence-electron chi connectivity index (χ0n) is 13.7. The lowest BCUT2D eigenvalue weighted by Gasteiger charge is -2.09. The molecule has 128 valence electrons. The lowest BCUT2D eigenvalue weighted by molar-refractivity contribution is 0.354. The summed E-state index contributed by atoms with van der Waals surface area (Å²) in [7, 11) is 4.65. The summed E-state index contributed by atoms with van der Waals surface area (Å²) in [6, 6.07) is 8.88. The zero-order chi connectivity index (χ0) is 17.5. The van der Waals surface area contributed by atoms with Crippen molar-refractivity contribution in [2.45, 2.75) is 6.54 Å². The van der Waals surface area contributed by atoms with Crippen LogP contribution in [0.1, 0.15) is 11.1 Å². The molecule has 0 spiro atoms. The van der Waals surface area contributed by atoms with Gasteiger partial charge in [0.1, 0.15) is 0 Å². The fraction of sp³-hybridized carbons (Fsp3) is 0.235. The number of hydrazone groups is 1. The summed E-state index contributed by atoms with van der Waals surface area (Å²) in [6.07, 6.45) is 1.59. The first-order valence-electron chi connectivity index (χ1n) is 7.12. The minimum Gasteiger partial charge on any atom is -0.503 e. The number of nitrogens with zero attached hydrogens (tertiary/aromatic N) is 1. The predicted molar refractivity (Wildman–Crippen MR) is 93.6 cm³/mol. The van der Waals surface area contributed by atoms with E-state index in [9.17, 15) is 5.11 Å². The van der Waals surface area contributed by atoms with Crippen molar-refractivity contribution in [2.24, 2.45) is 5.10 Å². The van der Waals surface area contributed by atoms with Crippen LogP contribution in [0, 0.1) is 0 Å². The first kappa shape index (κ1) is 17.7. The van der Waals surface area contributed by atoms with E-state index >= 15 is 0 Å². The van der Waals surface area contributed by atoms with Gasteiger partial charge >= 0.3 is 0 Å². The fourth-order valence-corrected chi connectivity index (χ4v) is 2.29. The summed E-state index contributed by atoms with van der Waals surface area (Å²) in [5, 5.41) is 14.0. The molecule has 0 amide bonds. The third-order valence-electron chi connectivity index (χ3n) is 3.31. The first-order chi connectivity index (χ1) is 11.6. The molecule has 0 radical (unpaired) electrons. The molecule has 0 aliphatic rings. The number of hydrogen-bond acceptors (Lipinski definition) is 6. The fourth-order valence-electron chi connectivity index (χ4n) is 2.07. The molecule has 0 fully saturated rings. The molecule has 2 aromatic carbocycles. The van der Waals surface area contributed by atoms with E-state index in [0.29, 0.717) is 29.4 Å². The maximum absolute atomic E-state index is 9.70. The van der Waals surface area contributed by atoms with Crippen LogP contribution in [0.5, 0.6) is 23.0 Å². The van der Waals surface area contributed by atoms with Crippen molar-refractivity contribution >= 4 is 17.8 Å². The zero-order valence-corrected chi connectivity index (χ0v) is 14.4. The molecular weight excluding hydrogens is 332 g/mol. The highest BCUT2D eigenvalue weighted by molar-refractivity contribution is 6.32. The molecule has 0 bridgehead atoms. The number of halogens is 1. The third-order valence-corrected chi connectivity index (χ3v) is 3.59. The molecule has 2 rings (SSSR count). The summed E-state index contributed by atoms with van der Waals surface area (Å²) in [5.74, 6) is 1.55. The van der Waals surface area contributed by atoms with Crippen LogP contribution < -0.4 is 19.6 Å². The van der Waals surface area contributed by atoms with Gasteiger partial charge in [-0.3, -0.25) is 0 Å². The summed E-state index contributed by atoms with van der Waals surface area (Å²) in [6.45, 7) is 0.514. The molecular formula is C17H19ClN2O4. The van der Waals surface area contributed by atoms with Gasteiger partial charge in [0.25, 0.3) is 0 Å². The van der Waals surface area contributed by atoms with Gasteiger partial charge in [-0.15, -0.1) is 0 Å². The van der Waals surface area contributed by atoms with Gasteiger partial charge in [-0.05, 0) is 35.4 Å². The van der Waals surface area contributed by atoms with Gasteiger partial charge in [-0.2, -0.15) is 5.10 Å². The standard InChI is InChI=1S/C17H19ClN2O4/c1-22-14-5-4-11(7-15(14)23-2)9-19-20-10-12-6-13(18)17(21)16(8-12)24-3/h4-8,10,19,21H,9H2,1-3H3/b20-10+. The number of aromatic hydroxyl groups is 1. The molecule has 7 heteroatoms. The van der Waals surface area contributed by atoms with Crippen molar-refractivity contribution in [3.05, 3.63) is 46.5 Å². The Morgan fingerprint density at radius 1 is 1.04 bits per heavy atom. The van der Waals surface area contributed by atoms with Crippen molar-refractivity contribution in [3.8, 4) is 23.0 Å². The summed E-state index contributed by atoms with van der Waals surface area (Å²) in [4.78, 5) is 0. The predicted octanol–water partition coefficient (Wildman–Crippen LogP) is 3.20. The van der Waals surface area contributed by atoms with Crippen molar-refractivity contribution in [1.82, 2.24) is 5.43 Å². The lowest BCUT2D eigenvalue weighted by Crippen LogP contribution is -2.06. The van der Waals surface area contributed by atoms with Gasteiger partial charge in [-0.1, -0.05) is 17.7 Å². The molecule has 0 aliphatic carbocycles. The number of benzene rings is 2. The Hall–Kier alpha value is -2.60. The van der Waals surface area contributed by atoms with Crippen molar-refractivity contribution in [3.63, 3.8) is 0 Å². The molecule has 0 saturated heterocycles. The molecule has 2 aromatic rings. The molecule has 24 heavy (non-hydrogen) atoms. The second kappa shape index (κ2) is 8.31. The number of phenolic OH excluding ortho intramolecular Hbond substituents is 1. The van der Waals surface area contributed by atoms with E-state index in [2.05, 4.69) is 10.5 Å². The van der Waals surface area contributed by atoms with Gasteiger partial charge < -0.3 is 24.7 Å². The van der Waals surface area contributed by atoms with Gasteiger partial charge in [0.15, 0.2) is 23.0 Å². The Morgan fingerprint density at radius 3 is 2.42 bits per heavy atom. The third kappa shape index (κ3) is 4.23. The van der Waals surface area contributed by atoms with Crippen LogP contribution in [0.3, 0.4) is 0 Å². The Bertz CT molecular complexity index is 735. The number of hydrogen-bond donors (Lipinski definition) is 2. The topological polar surface area (TPSA) is 72.3 Å². The van der Waals surface area contributed by atoms with E-state index in [1.165, 1.54) is 7.11 Å². The van der Waals surface area contributed by atoms with E-state index in [4.69, 9.17) is 25.8 Å². The van der Waals surface area contributed by atoms with Gasteiger partial charge in [-0.25, -0.2) is 0 Å². The highest BCUT2D eigenvalue weighted by Gasteiger charge is 2.08. The van der Waals surface area contributed by atoms with Crippen LogP contribution in [-0.2, 0) is 6.54 Å². The molecule has 0 unspecified atom stereocenters. The highest BCUT2D eigenvalue weighted by Crippen LogP contribution is 2.34. The number of rotatable bonds is 7. The van der Waals surface area contributed by atoms with Crippen molar-refractivity contribution in [1.29, 1.82) is 0 Å². The van der Waals surface area contributed by atoms with E-state index in [1.807, 2.05) is 18.2 Å². The average molecular weight is 351 g/mol. The molecule has 0 saturated carbocycles. The largest absolute Gasteiger partial charge is 0.503 e. The van der Waals surface area contributed by atoms with Crippen LogP contribution in [0.25, 0.3) is 0 Å². The van der Waals surface area contributed by atoms with E-state index in [0.717, 1.165) is 5.56 Å². The number of nitrogens with one attached hydrogen (secondary N) is 1. The maximum Gasteiger partial charge on any atom is 0.176 e. The smallest absolute Gasteiger partial charge is 0.176 e.